The predicted molar refractivity (Wildman–Crippen MR) is 124 cm³/mol. The predicted octanol–water partition coefficient (Wildman–Crippen LogP) is 1.85. The highest BCUT2D eigenvalue weighted by Gasteiger charge is 2.11. The number of nitrogens with one attached hydrogen (secondary N) is 2. The Kier molecular flexibility index (Phi) is 10.4. The van der Waals surface area contributed by atoms with Crippen molar-refractivity contribution >= 4 is 45.6 Å². The van der Waals surface area contributed by atoms with Gasteiger partial charge in [0, 0.05) is 52.5 Å². The van der Waals surface area contributed by atoms with E-state index in [9.17, 15) is 8.42 Å². The average molecular weight is 509 g/mol. The molecule has 1 aliphatic rings. The quantitative estimate of drug-likeness (QED) is 0.254. The van der Waals surface area contributed by atoms with Crippen molar-refractivity contribution < 1.29 is 8.42 Å². The third kappa shape index (κ3) is 8.65. The van der Waals surface area contributed by atoms with E-state index < -0.39 is 10.0 Å². The van der Waals surface area contributed by atoms with Gasteiger partial charge in [-0.15, -0.1) is 24.0 Å². The summed E-state index contributed by atoms with van der Waals surface area (Å²) in [6.45, 7) is 3.85. The Morgan fingerprint density at radius 2 is 1.78 bits per heavy atom. The van der Waals surface area contributed by atoms with Crippen molar-refractivity contribution in [2.45, 2.75) is 25.8 Å². The Balaban J connectivity index is 0.00000364. The van der Waals surface area contributed by atoms with Crippen molar-refractivity contribution in [2.75, 3.05) is 51.4 Å². The second kappa shape index (κ2) is 11.7. The molecule has 7 nitrogen and oxygen atoms in total. The smallest absolute Gasteiger partial charge is 0.208 e. The lowest BCUT2D eigenvalue weighted by Crippen LogP contribution is -2.42. The van der Waals surface area contributed by atoms with Gasteiger partial charge in [-0.1, -0.05) is 12.1 Å². The van der Waals surface area contributed by atoms with E-state index in [2.05, 4.69) is 44.2 Å². The van der Waals surface area contributed by atoms with Crippen molar-refractivity contribution in [3.8, 4) is 0 Å². The fourth-order valence-electron chi connectivity index (χ4n) is 3.11. The fourth-order valence-corrected chi connectivity index (χ4v) is 3.58. The number of guanidine groups is 1. The van der Waals surface area contributed by atoms with E-state index >= 15 is 0 Å². The van der Waals surface area contributed by atoms with Crippen LogP contribution in [0.15, 0.2) is 29.3 Å². The summed E-state index contributed by atoms with van der Waals surface area (Å²) in [6, 6.07) is 8.72. The first-order valence-corrected chi connectivity index (χ1v) is 11.0. The number of halogens is 1. The number of nitrogens with zero attached hydrogens (tertiary/aromatic N) is 3. The summed E-state index contributed by atoms with van der Waals surface area (Å²) in [7, 11) is 0.536. The van der Waals surface area contributed by atoms with Gasteiger partial charge in [-0.2, -0.15) is 0 Å². The van der Waals surface area contributed by atoms with Crippen LogP contribution in [0.5, 0.6) is 0 Å². The number of piperidine rings is 1. The first-order valence-electron chi connectivity index (χ1n) is 9.09. The zero-order valence-electron chi connectivity index (χ0n) is 16.4. The van der Waals surface area contributed by atoms with E-state index in [1.807, 2.05) is 11.9 Å². The maximum Gasteiger partial charge on any atom is 0.208 e. The number of hydrogen-bond donors (Lipinski definition) is 2. The Hall–Kier alpha value is -1.07. The largest absolute Gasteiger partial charge is 0.372 e. The van der Waals surface area contributed by atoms with Gasteiger partial charge in [-0.25, -0.2) is 13.1 Å². The van der Waals surface area contributed by atoms with Gasteiger partial charge in [0.05, 0.1) is 6.26 Å². The zero-order chi connectivity index (χ0) is 19.0. The van der Waals surface area contributed by atoms with Crippen LogP contribution in [-0.2, 0) is 16.6 Å². The topological polar surface area (TPSA) is 77.0 Å². The lowest BCUT2D eigenvalue weighted by atomic mass is 10.1. The molecule has 0 aromatic heterocycles. The van der Waals surface area contributed by atoms with Gasteiger partial charge in [-0.3, -0.25) is 4.99 Å². The zero-order valence-corrected chi connectivity index (χ0v) is 19.6. The van der Waals surface area contributed by atoms with Gasteiger partial charge in [-0.05, 0) is 37.0 Å². The molecule has 1 aromatic carbocycles. The Morgan fingerprint density at radius 1 is 1.15 bits per heavy atom. The highest BCUT2D eigenvalue weighted by molar-refractivity contribution is 14.0. The maximum absolute atomic E-state index is 11.1. The highest BCUT2D eigenvalue weighted by atomic mass is 127. The molecule has 1 saturated heterocycles. The molecule has 0 unspecified atom stereocenters. The first-order chi connectivity index (χ1) is 12.4. The van der Waals surface area contributed by atoms with E-state index in [-0.39, 0.29) is 24.0 Å². The van der Waals surface area contributed by atoms with Gasteiger partial charge >= 0.3 is 0 Å². The number of anilines is 1. The molecule has 1 heterocycles. The van der Waals surface area contributed by atoms with E-state index in [0.29, 0.717) is 13.1 Å². The standard InChI is InChI=1S/C18H31N5O2S.HI/c1-19-18(20-11-12-21-26(3,24)25)22(2)15-16-7-9-17(10-8-16)23-13-5-4-6-14-23;/h7-10,21H,4-6,11-15H2,1-3H3,(H,19,20);1H. The van der Waals surface area contributed by atoms with Gasteiger partial charge in [0.25, 0.3) is 0 Å². The molecule has 9 heteroatoms. The minimum Gasteiger partial charge on any atom is -0.372 e. The summed E-state index contributed by atoms with van der Waals surface area (Å²) < 4.78 is 24.6. The Labute approximate surface area is 180 Å². The van der Waals surface area contributed by atoms with Crippen LogP contribution in [0, 0.1) is 0 Å². The van der Waals surface area contributed by atoms with Gasteiger partial charge in [0.2, 0.25) is 10.0 Å². The number of benzene rings is 1. The average Bonchev–Trinajstić information content (AvgIpc) is 2.62. The SMILES string of the molecule is CN=C(NCCNS(C)(=O)=O)N(C)Cc1ccc(N2CCCCC2)cc1.I. The van der Waals surface area contributed by atoms with Crippen LogP contribution in [0.3, 0.4) is 0 Å². The molecular weight excluding hydrogens is 477 g/mol. The van der Waals surface area contributed by atoms with Gasteiger partial charge in [0.1, 0.15) is 0 Å². The second-order valence-corrected chi connectivity index (χ2v) is 8.54. The molecule has 0 atom stereocenters. The molecule has 0 radical (unpaired) electrons. The summed E-state index contributed by atoms with van der Waals surface area (Å²) in [6.07, 6.45) is 5.05. The van der Waals surface area contributed by atoms with Crippen LogP contribution < -0.4 is 14.9 Å². The molecular formula is C18H32IN5O2S. The lowest BCUT2D eigenvalue weighted by Gasteiger charge is -2.29. The summed E-state index contributed by atoms with van der Waals surface area (Å²) >= 11 is 0. The molecule has 1 aliphatic heterocycles. The van der Waals surface area contributed by atoms with Crippen LogP contribution in [0.2, 0.25) is 0 Å². The third-order valence-electron chi connectivity index (χ3n) is 4.42. The van der Waals surface area contributed by atoms with Crippen LogP contribution >= 0.6 is 24.0 Å². The van der Waals surface area contributed by atoms with Crippen LogP contribution in [-0.4, -0.2) is 65.8 Å². The molecule has 27 heavy (non-hydrogen) atoms. The molecule has 1 fully saturated rings. The lowest BCUT2D eigenvalue weighted by molar-refractivity contribution is 0.477. The summed E-state index contributed by atoms with van der Waals surface area (Å²) in [5.74, 6) is 0.736. The minimum atomic E-state index is -3.16. The number of rotatable bonds is 7. The molecule has 0 saturated carbocycles. The van der Waals surface area contributed by atoms with E-state index in [1.165, 1.54) is 30.5 Å². The molecule has 0 aliphatic carbocycles. The molecule has 0 amide bonds. The third-order valence-corrected chi connectivity index (χ3v) is 5.15. The molecule has 1 aromatic rings. The molecule has 2 rings (SSSR count). The van der Waals surface area contributed by atoms with Crippen molar-refractivity contribution in [3.05, 3.63) is 29.8 Å². The number of sulfonamides is 1. The second-order valence-electron chi connectivity index (χ2n) is 6.71. The van der Waals surface area contributed by atoms with Crippen LogP contribution in [0.1, 0.15) is 24.8 Å². The van der Waals surface area contributed by atoms with E-state index in [4.69, 9.17) is 0 Å². The van der Waals surface area contributed by atoms with Crippen molar-refractivity contribution in [1.82, 2.24) is 14.9 Å². The highest BCUT2D eigenvalue weighted by Crippen LogP contribution is 2.20. The van der Waals surface area contributed by atoms with Crippen molar-refractivity contribution in [2.24, 2.45) is 4.99 Å². The summed E-state index contributed by atoms with van der Waals surface area (Å²) in [5, 5.41) is 3.17. The van der Waals surface area contributed by atoms with Gasteiger partial charge < -0.3 is 15.1 Å². The summed E-state index contributed by atoms with van der Waals surface area (Å²) in [4.78, 5) is 8.73. The monoisotopic (exact) mass is 509 g/mol. The van der Waals surface area contributed by atoms with Crippen molar-refractivity contribution in [3.63, 3.8) is 0 Å². The molecule has 2 N–H and O–H groups in total. The summed E-state index contributed by atoms with van der Waals surface area (Å²) in [5.41, 5.74) is 2.51. The Morgan fingerprint density at radius 3 is 2.33 bits per heavy atom. The van der Waals surface area contributed by atoms with Crippen LogP contribution in [0.4, 0.5) is 5.69 Å². The van der Waals surface area contributed by atoms with E-state index in [1.54, 1.807) is 7.05 Å². The molecule has 0 spiro atoms. The maximum atomic E-state index is 11.1. The Bertz CT molecular complexity index is 688. The first kappa shape index (κ1) is 24.0. The normalized spacial score (nSPS) is 15.2. The number of aliphatic imine (C=N–C) groups is 1. The fraction of sp³-hybridized carbons (Fsp3) is 0.611. The number of hydrogen-bond acceptors (Lipinski definition) is 4. The molecule has 0 bridgehead atoms. The van der Waals surface area contributed by atoms with Crippen LogP contribution in [0.25, 0.3) is 0 Å². The molecule has 154 valence electrons. The minimum absolute atomic E-state index is 0. The van der Waals surface area contributed by atoms with E-state index in [0.717, 1.165) is 31.8 Å². The van der Waals surface area contributed by atoms with Crippen molar-refractivity contribution in [1.29, 1.82) is 0 Å². The van der Waals surface area contributed by atoms with Gasteiger partial charge in [0.15, 0.2) is 5.96 Å².